The number of nitrogens with two attached hydrogens (primary N) is 1. The van der Waals surface area contributed by atoms with Crippen molar-refractivity contribution in [3.8, 4) is 12.5 Å². The van der Waals surface area contributed by atoms with Crippen molar-refractivity contribution in [3.05, 3.63) is 0 Å². The highest BCUT2D eigenvalue weighted by Gasteiger charge is 2.42. The van der Waals surface area contributed by atoms with Gasteiger partial charge in [0.25, 0.3) is 0 Å². The Morgan fingerprint density at radius 2 is 1.62 bits per heavy atom. The molecule has 2 amide bonds. The van der Waals surface area contributed by atoms with Gasteiger partial charge in [-0.3, -0.25) is 0 Å². The highest BCUT2D eigenvalue weighted by molar-refractivity contribution is 5.74. The minimum Gasteiger partial charge on any atom is -0.350 e. The Balaban J connectivity index is 5.11. The van der Waals surface area contributed by atoms with Crippen LogP contribution < -0.4 is 5.73 Å². The van der Waals surface area contributed by atoms with Crippen LogP contribution in [0, 0.1) is 12.5 Å². The molecule has 0 atom stereocenters. The Morgan fingerprint density at radius 1 is 1.25 bits per heavy atom. The molecule has 0 unspecified atom stereocenters. The third-order valence-electron chi connectivity index (χ3n) is 1.60. The Bertz CT molecular complexity index is 245. The molecule has 0 aromatic carbocycles. The van der Waals surface area contributed by atoms with Gasteiger partial charge in [-0.2, -0.15) is 4.90 Å². The number of hydrogen-bond acceptors (Lipinski definition) is 4. The van der Waals surface area contributed by atoms with Crippen molar-refractivity contribution in [2.24, 2.45) is 5.73 Å². The summed E-state index contributed by atoms with van der Waals surface area (Å²) in [5, 5.41) is 0. The van der Waals surface area contributed by atoms with Crippen LogP contribution in [-0.4, -0.2) is 36.8 Å². The quantitative estimate of drug-likeness (QED) is 0.396. The number of carbonyl (C=O) groups excluding carboxylic acids is 1. The number of terminal acetylenes is 1. The van der Waals surface area contributed by atoms with Gasteiger partial charge in [-0.1, -0.05) is 6.42 Å². The lowest BCUT2D eigenvalue weighted by Crippen LogP contribution is -2.57. The summed E-state index contributed by atoms with van der Waals surface area (Å²) in [6, 6.07) is 1.20. The van der Waals surface area contributed by atoms with Crippen LogP contribution in [0.3, 0.4) is 0 Å². The van der Waals surface area contributed by atoms with E-state index in [0.29, 0.717) is 0 Å². The second kappa shape index (κ2) is 7.06. The summed E-state index contributed by atoms with van der Waals surface area (Å²) in [6.07, 6.45) is 3.45. The molecule has 0 radical (unpaired) electrons. The largest absolute Gasteiger partial charge is 0.392 e. The molecule has 16 heavy (non-hydrogen) atoms. The molecule has 0 saturated heterocycles. The molecule has 0 aliphatic rings. The molecule has 0 fully saturated rings. The van der Waals surface area contributed by atoms with Gasteiger partial charge >= 0.3 is 12.1 Å². The SMILES string of the molecule is C#CN(C(N)=O)C(OCC)(OCC)OCC. The molecule has 6 nitrogen and oxygen atoms in total. The van der Waals surface area contributed by atoms with Crippen LogP contribution in [-0.2, 0) is 14.2 Å². The smallest absolute Gasteiger partial charge is 0.350 e. The molecule has 2 N–H and O–H groups in total. The number of ether oxygens (including phenoxy) is 3. The first-order valence-electron chi connectivity index (χ1n) is 5.05. The lowest BCUT2D eigenvalue weighted by atomic mass is 10.6. The van der Waals surface area contributed by atoms with Gasteiger partial charge in [0.1, 0.15) is 0 Å². The highest BCUT2D eigenvalue weighted by atomic mass is 16.9. The first-order chi connectivity index (χ1) is 7.57. The van der Waals surface area contributed by atoms with E-state index in [1.54, 1.807) is 20.8 Å². The van der Waals surface area contributed by atoms with Crippen LogP contribution in [0.1, 0.15) is 20.8 Å². The Morgan fingerprint density at radius 3 is 1.81 bits per heavy atom. The van der Waals surface area contributed by atoms with Crippen molar-refractivity contribution in [1.29, 1.82) is 0 Å². The monoisotopic (exact) mass is 230 g/mol. The topological polar surface area (TPSA) is 74.0 Å². The molecule has 0 rings (SSSR count). The first kappa shape index (κ1) is 14.7. The van der Waals surface area contributed by atoms with Crippen LogP contribution >= 0.6 is 0 Å². The zero-order chi connectivity index (χ0) is 12.6. The number of primary amides is 1. The van der Waals surface area contributed by atoms with E-state index in [1.165, 1.54) is 0 Å². The van der Waals surface area contributed by atoms with E-state index in [-0.39, 0.29) is 19.8 Å². The van der Waals surface area contributed by atoms with E-state index in [4.69, 9.17) is 26.4 Å². The normalized spacial score (nSPS) is 10.9. The van der Waals surface area contributed by atoms with Gasteiger partial charge in [0.05, 0.1) is 19.8 Å². The van der Waals surface area contributed by atoms with E-state index in [2.05, 4.69) is 6.04 Å². The standard InChI is InChI=1S/C10H18N2O4/c1-5-12(9(11)13)10(14-6-2,15-7-3)16-8-4/h1H,6-8H2,2-4H3,(H2,11,13). The molecule has 92 valence electrons. The predicted octanol–water partition coefficient (Wildman–Crippen LogP) is 0.679. The van der Waals surface area contributed by atoms with E-state index in [1.807, 2.05) is 0 Å². The van der Waals surface area contributed by atoms with E-state index in [0.717, 1.165) is 4.90 Å². The third kappa shape index (κ3) is 3.38. The van der Waals surface area contributed by atoms with Crippen molar-refractivity contribution in [3.63, 3.8) is 0 Å². The lowest BCUT2D eigenvalue weighted by Gasteiger charge is -2.36. The molecular weight excluding hydrogens is 212 g/mol. The number of nitrogens with zero attached hydrogens (tertiary/aromatic N) is 1. The highest BCUT2D eigenvalue weighted by Crippen LogP contribution is 2.20. The zero-order valence-corrected chi connectivity index (χ0v) is 9.86. The van der Waals surface area contributed by atoms with Crippen molar-refractivity contribution in [1.82, 2.24) is 4.90 Å². The summed E-state index contributed by atoms with van der Waals surface area (Å²) in [6.45, 7) is 5.94. The van der Waals surface area contributed by atoms with E-state index in [9.17, 15) is 4.79 Å². The molecule has 0 aliphatic carbocycles. The van der Waals surface area contributed by atoms with E-state index < -0.39 is 12.1 Å². The zero-order valence-electron chi connectivity index (χ0n) is 9.86. The predicted molar refractivity (Wildman–Crippen MR) is 57.9 cm³/mol. The molecular formula is C10H18N2O4. The van der Waals surface area contributed by atoms with Crippen molar-refractivity contribution in [2.45, 2.75) is 26.9 Å². The summed E-state index contributed by atoms with van der Waals surface area (Å²) < 4.78 is 15.8. The second-order valence-electron chi connectivity index (χ2n) is 2.63. The number of rotatable bonds is 7. The number of amides is 2. The Hall–Kier alpha value is -1.29. The van der Waals surface area contributed by atoms with Gasteiger partial charge in [-0.05, 0) is 20.8 Å². The van der Waals surface area contributed by atoms with Gasteiger partial charge in [-0.25, -0.2) is 4.79 Å². The summed E-state index contributed by atoms with van der Waals surface area (Å²) in [7, 11) is 0. The van der Waals surface area contributed by atoms with Gasteiger partial charge < -0.3 is 19.9 Å². The molecule has 0 aromatic heterocycles. The van der Waals surface area contributed by atoms with Gasteiger partial charge in [0.15, 0.2) is 0 Å². The molecule has 0 saturated carbocycles. The second-order valence-corrected chi connectivity index (χ2v) is 2.63. The van der Waals surface area contributed by atoms with Crippen LogP contribution in [0.2, 0.25) is 0 Å². The minimum absolute atomic E-state index is 0.255. The first-order valence-corrected chi connectivity index (χ1v) is 5.05. The molecule has 0 aromatic rings. The number of urea groups is 1. The fourth-order valence-electron chi connectivity index (χ4n) is 1.14. The number of hydrogen-bond donors (Lipinski definition) is 1. The fourth-order valence-corrected chi connectivity index (χ4v) is 1.14. The van der Waals surface area contributed by atoms with Crippen LogP contribution in [0.25, 0.3) is 0 Å². The van der Waals surface area contributed by atoms with Gasteiger partial charge in [0, 0.05) is 6.04 Å². The molecule has 6 heteroatoms. The maximum absolute atomic E-state index is 11.2. The number of carbonyl (C=O) groups is 1. The van der Waals surface area contributed by atoms with Crippen LogP contribution in [0.15, 0.2) is 0 Å². The third-order valence-corrected chi connectivity index (χ3v) is 1.60. The maximum atomic E-state index is 11.2. The average Bonchev–Trinajstić information content (AvgIpc) is 2.19. The average molecular weight is 230 g/mol. The van der Waals surface area contributed by atoms with Crippen molar-refractivity contribution >= 4 is 6.03 Å². The van der Waals surface area contributed by atoms with Crippen molar-refractivity contribution < 1.29 is 19.0 Å². The Kier molecular flexibility index (Phi) is 6.49. The summed E-state index contributed by atoms with van der Waals surface area (Å²) in [5.74, 6) is 0. The summed E-state index contributed by atoms with van der Waals surface area (Å²) in [4.78, 5) is 11.9. The van der Waals surface area contributed by atoms with Crippen LogP contribution in [0.4, 0.5) is 4.79 Å². The van der Waals surface area contributed by atoms with Crippen LogP contribution in [0.5, 0.6) is 0 Å². The fraction of sp³-hybridized carbons (Fsp3) is 0.700. The summed E-state index contributed by atoms with van der Waals surface area (Å²) >= 11 is 0. The molecule has 0 bridgehead atoms. The molecule has 0 heterocycles. The molecule has 0 aliphatic heterocycles. The minimum atomic E-state index is -1.74. The van der Waals surface area contributed by atoms with E-state index >= 15 is 0 Å². The van der Waals surface area contributed by atoms with Gasteiger partial charge in [-0.15, -0.1) is 0 Å². The van der Waals surface area contributed by atoms with Gasteiger partial charge in [0.2, 0.25) is 0 Å². The maximum Gasteiger partial charge on any atom is 0.392 e. The summed E-state index contributed by atoms with van der Waals surface area (Å²) in [5.41, 5.74) is 5.13. The Labute approximate surface area is 95.6 Å². The lowest BCUT2D eigenvalue weighted by molar-refractivity contribution is -0.421. The van der Waals surface area contributed by atoms with Crippen molar-refractivity contribution in [2.75, 3.05) is 19.8 Å². The molecule has 0 spiro atoms.